The van der Waals surface area contributed by atoms with E-state index in [1.54, 1.807) is 6.20 Å². The molecule has 9 heteroatoms. The number of pyridine rings is 1. The standard InChI is InChI=1S/C24H29ClN4O4/c1-24(13-33-12-20(24)30)29-4-2-28(3-5-29)19-7-14-8-21(26-9-15(14)6-18(19)25)27-23(31)22-16-10-32-11-17(16)22/h6-9,16-17,20,22,30H,2-5,10-13H2,1H3,(H,26,27,31)/t16-,17?,20-,22?,24+/m1/s1. The number of hydrogen-bond donors (Lipinski definition) is 2. The number of aromatic nitrogens is 1. The van der Waals surface area contributed by atoms with Crippen LogP contribution in [0.1, 0.15) is 6.92 Å². The maximum atomic E-state index is 12.6. The Hall–Kier alpha value is -1.97. The molecule has 1 aromatic carbocycles. The van der Waals surface area contributed by atoms with Gasteiger partial charge in [-0.1, -0.05) is 11.6 Å². The van der Waals surface area contributed by atoms with Crippen molar-refractivity contribution in [1.29, 1.82) is 0 Å². The molecule has 3 saturated heterocycles. The van der Waals surface area contributed by atoms with Crippen molar-refractivity contribution in [2.45, 2.75) is 18.6 Å². The maximum absolute atomic E-state index is 12.6. The van der Waals surface area contributed by atoms with Gasteiger partial charge < -0.3 is 24.8 Å². The Bertz CT molecular complexity index is 1080. The lowest BCUT2D eigenvalue weighted by Gasteiger charge is -2.45. The third kappa shape index (κ3) is 3.68. The van der Waals surface area contributed by atoms with Gasteiger partial charge in [-0.25, -0.2) is 4.98 Å². The number of benzene rings is 1. The number of carbonyl (C=O) groups excluding carboxylic acids is 1. The molecule has 0 bridgehead atoms. The van der Waals surface area contributed by atoms with Gasteiger partial charge in [0.1, 0.15) is 5.82 Å². The molecule has 2 N–H and O–H groups in total. The van der Waals surface area contributed by atoms with Crippen LogP contribution in [0.5, 0.6) is 0 Å². The number of amides is 1. The number of hydrogen-bond acceptors (Lipinski definition) is 7. The van der Waals surface area contributed by atoms with E-state index in [1.165, 1.54) is 0 Å². The largest absolute Gasteiger partial charge is 0.389 e. The summed E-state index contributed by atoms with van der Waals surface area (Å²) in [6.45, 7) is 7.70. The average molecular weight is 473 g/mol. The lowest BCUT2D eigenvalue weighted by molar-refractivity contribution is -0.118. The first-order valence-corrected chi connectivity index (χ1v) is 12.1. The minimum absolute atomic E-state index is 0.0389. The van der Waals surface area contributed by atoms with Gasteiger partial charge in [0.05, 0.1) is 48.8 Å². The smallest absolute Gasteiger partial charge is 0.229 e. The average Bonchev–Trinajstić information content (AvgIpc) is 3.09. The van der Waals surface area contributed by atoms with Gasteiger partial charge in [0.2, 0.25) is 5.91 Å². The lowest BCUT2D eigenvalue weighted by atomic mass is 9.95. The highest BCUT2D eigenvalue weighted by molar-refractivity contribution is 6.34. The zero-order valence-electron chi connectivity index (χ0n) is 18.7. The van der Waals surface area contributed by atoms with Crippen LogP contribution in [0.3, 0.4) is 0 Å². The Kier molecular flexibility index (Phi) is 5.27. The molecule has 4 aliphatic rings. The summed E-state index contributed by atoms with van der Waals surface area (Å²) in [6.07, 6.45) is 1.30. The van der Waals surface area contributed by atoms with Crippen LogP contribution in [0, 0.1) is 17.8 Å². The van der Waals surface area contributed by atoms with Gasteiger partial charge in [0, 0.05) is 43.7 Å². The van der Waals surface area contributed by atoms with Gasteiger partial charge in [-0.2, -0.15) is 0 Å². The summed E-state index contributed by atoms with van der Waals surface area (Å²) in [7, 11) is 0. The quantitative estimate of drug-likeness (QED) is 0.703. The van der Waals surface area contributed by atoms with E-state index in [1.807, 2.05) is 12.1 Å². The molecule has 2 aromatic rings. The molecule has 1 amide bonds. The Morgan fingerprint density at radius 1 is 1.12 bits per heavy atom. The summed E-state index contributed by atoms with van der Waals surface area (Å²) in [4.78, 5) is 21.7. The van der Waals surface area contributed by atoms with Crippen LogP contribution in [0.25, 0.3) is 10.8 Å². The van der Waals surface area contributed by atoms with Crippen LogP contribution < -0.4 is 10.2 Å². The second kappa shape index (κ2) is 8.06. The Labute approximate surface area is 197 Å². The Balaban J connectivity index is 1.17. The molecule has 4 heterocycles. The number of nitrogens with zero attached hydrogens (tertiary/aromatic N) is 3. The van der Waals surface area contributed by atoms with Crippen molar-refractivity contribution < 1.29 is 19.4 Å². The minimum atomic E-state index is -0.461. The topological polar surface area (TPSA) is 87.2 Å². The van der Waals surface area contributed by atoms with Crippen molar-refractivity contribution in [2.75, 3.05) is 62.8 Å². The predicted molar refractivity (Wildman–Crippen MR) is 126 cm³/mol. The molecule has 33 heavy (non-hydrogen) atoms. The number of fused-ring (bicyclic) bond motifs is 2. The molecule has 1 saturated carbocycles. The first kappa shape index (κ1) is 21.6. The molecule has 2 unspecified atom stereocenters. The molecule has 4 fully saturated rings. The highest BCUT2D eigenvalue weighted by Crippen LogP contribution is 2.51. The van der Waals surface area contributed by atoms with E-state index < -0.39 is 6.10 Å². The van der Waals surface area contributed by atoms with E-state index in [0.717, 1.165) is 42.6 Å². The molecule has 8 nitrogen and oxygen atoms in total. The Morgan fingerprint density at radius 3 is 2.58 bits per heavy atom. The van der Waals surface area contributed by atoms with Crippen LogP contribution in [-0.4, -0.2) is 85.1 Å². The zero-order chi connectivity index (χ0) is 22.7. The second-order valence-corrected chi connectivity index (χ2v) is 10.4. The molecule has 5 atom stereocenters. The fourth-order valence-electron chi connectivity index (χ4n) is 5.72. The molecule has 176 valence electrons. The van der Waals surface area contributed by atoms with Gasteiger partial charge in [0.15, 0.2) is 0 Å². The summed E-state index contributed by atoms with van der Waals surface area (Å²) in [5.41, 5.74) is 0.652. The van der Waals surface area contributed by atoms with Crippen molar-refractivity contribution in [3.05, 3.63) is 29.4 Å². The van der Waals surface area contributed by atoms with Gasteiger partial charge in [-0.15, -0.1) is 0 Å². The molecular formula is C24H29ClN4O4. The van der Waals surface area contributed by atoms with Crippen molar-refractivity contribution >= 4 is 39.8 Å². The van der Waals surface area contributed by atoms with Crippen molar-refractivity contribution in [2.24, 2.45) is 17.8 Å². The van der Waals surface area contributed by atoms with E-state index in [9.17, 15) is 9.90 Å². The monoisotopic (exact) mass is 472 g/mol. The fourth-order valence-corrected chi connectivity index (χ4v) is 6.01. The molecule has 0 spiro atoms. The van der Waals surface area contributed by atoms with Crippen LogP contribution in [-0.2, 0) is 14.3 Å². The number of aliphatic hydroxyl groups excluding tert-OH is 1. The Morgan fingerprint density at radius 2 is 1.88 bits per heavy atom. The van der Waals surface area contributed by atoms with Crippen molar-refractivity contribution in [3.8, 4) is 0 Å². The molecule has 0 radical (unpaired) electrons. The third-order valence-electron chi connectivity index (χ3n) is 8.02. The second-order valence-electron chi connectivity index (χ2n) is 9.96. The SMILES string of the molecule is C[C@]1(N2CCN(c3cc4cc(NC(=O)C5C6COC[C@H]65)ncc4cc3Cl)CC2)COC[C@H]1O. The van der Waals surface area contributed by atoms with Crippen LogP contribution >= 0.6 is 11.6 Å². The minimum Gasteiger partial charge on any atom is -0.389 e. The van der Waals surface area contributed by atoms with E-state index in [4.69, 9.17) is 21.1 Å². The number of aliphatic hydroxyl groups is 1. The van der Waals surface area contributed by atoms with Gasteiger partial charge in [-0.3, -0.25) is 9.69 Å². The highest BCUT2D eigenvalue weighted by atomic mass is 35.5. The van der Waals surface area contributed by atoms with E-state index in [-0.39, 0.29) is 17.4 Å². The molecule has 3 aliphatic heterocycles. The van der Waals surface area contributed by atoms with Crippen LogP contribution in [0.15, 0.2) is 24.4 Å². The summed E-state index contributed by atoms with van der Waals surface area (Å²) in [5.74, 6) is 1.40. The number of rotatable bonds is 4. The number of anilines is 2. The van der Waals surface area contributed by atoms with Crippen LogP contribution in [0.2, 0.25) is 5.02 Å². The highest BCUT2D eigenvalue weighted by Gasteiger charge is 2.58. The first-order chi connectivity index (χ1) is 15.9. The number of piperazine rings is 1. The van der Waals surface area contributed by atoms with E-state index >= 15 is 0 Å². The van der Waals surface area contributed by atoms with E-state index in [0.29, 0.717) is 49.1 Å². The maximum Gasteiger partial charge on any atom is 0.229 e. The normalized spacial score (nSPS) is 34.0. The number of nitrogens with one attached hydrogen (secondary N) is 1. The number of halogens is 1. The molecule has 1 aliphatic carbocycles. The van der Waals surface area contributed by atoms with E-state index in [2.05, 4.69) is 33.1 Å². The van der Waals surface area contributed by atoms with Crippen molar-refractivity contribution in [3.63, 3.8) is 0 Å². The predicted octanol–water partition coefficient (Wildman–Crippen LogP) is 1.99. The number of carbonyl (C=O) groups is 1. The summed E-state index contributed by atoms with van der Waals surface area (Å²) in [6, 6.07) is 5.94. The zero-order valence-corrected chi connectivity index (χ0v) is 19.4. The lowest BCUT2D eigenvalue weighted by Crippen LogP contribution is -2.60. The summed E-state index contributed by atoms with van der Waals surface area (Å²) >= 11 is 6.65. The molecule has 6 rings (SSSR count). The molecule has 1 aromatic heterocycles. The number of ether oxygens (including phenoxy) is 2. The fraction of sp³-hybridized carbons (Fsp3) is 0.583. The van der Waals surface area contributed by atoms with Crippen molar-refractivity contribution in [1.82, 2.24) is 9.88 Å². The van der Waals surface area contributed by atoms with Crippen LogP contribution in [0.4, 0.5) is 11.5 Å². The summed E-state index contributed by atoms with van der Waals surface area (Å²) in [5, 5.41) is 16.0. The summed E-state index contributed by atoms with van der Waals surface area (Å²) < 4.78 is 10.9. The van der Waals surface area contributed by atoms with Gasteiger partial charge in [-0.05, 0) is 42.3 Å². The molecular weight excluding hydrogens is 444 g/mol. The van der Waals surface area contributed by atoms with Gasteiger partial charge in [0.25, 0.3) is 0 Å². The third-order valence-corrected chi connectivity index (χ3v) is 8.33. The first-order valence-electron chi connectivity index (χ1n) is 11.7. The van der Waals surface area contributed by atoms with Gasteiger partial charge >= 0.3 is 0 Å².